The Labute approximate surface area is 112 Å². The van der Waals surface area contributed by atoms with Gasteiger partial charge in [-0.2, -0.15) is 0 Å². The lowest BCUT2D eigenvalue weighted by atomic mass is 10.1. The number of aromatic nitrogens is 2. The van der Waals surface area contributed by atoms with Gasteiger partial charge in [0.05, 0.1) is 6.04 Å². The van der Waals surface area contributed by atoms with Crippen LogP contribution in [0, 0.1) is 0 Å². The summed E-state index contributed by atoms with van der Waals surface area (Å²) in [5.41, 5.74) is 1.08. The molecule has 0 spiro atoms. The molecule has 96 valence electrons. The van der Waals surface area contributed by atoms with Crippen LogP contribution in [0.5, 0.6) is 0 Å². The lowest BCUT2D eigenvalue weighted by Crippen LogP contribution is -2.10. The second-order valence-electron chi connectivity index (χ2n) is 4.60. The third-order valence-electron chi connectivity index (χ3n) is 2.90. The monoisotopic (exact) mass is 261 g/mol. The van der Waals surface area contributed by atoms with Crippen LogP contribution >= 0.6 is 11.3 Å². The summed E-state index contributed by atoms with van der Waals surface area (Å²) in [6, 6.07) is 6.63. The predicted octanol–water partition coefficient (Wildman–Crippen LogP) is 4.22. The minimum Gasteiger partial charge on any atom is -0.362 e. The third kappa shape index (κ3) is 3.07. The first-order chi connectivity index (χ1) is 8.70. The van der Waals surface area contributed by atoms with E-state index in [2.05, 4.69) is 53.6 Å². The van der Waals surface area contributed by atoms with Crippen molar-refractivity contribution in [2.45, 2.75) is 39.2 Å². The molecule has 2 aromatic heterocycles. The van der Waals surface area contributed by atoms with E-state index in [9.17, 15) is 0 Å². The molecule has 0 aliphatic heterocycles. The molecule has 4 heteroatoms. The minimum atomic E-state index is 0.333. The van der Waals surface area contributed by atoms with Gasteiger partial charge in [0.1, 0.15) is 12.1 Å². The van der Waals surface area contributed by atoms with Crippen molar-refractivity contribution in [3.8, 4) is 0 Å². The van der Waals surface area contributed by atoms with Crippen molar-refractivity contribution in [3.63, 3.8) is 0 Å². The molecular formula is C14H19N3S. The molecule has 0 aliphatic rings. The number of rotatable bonds is 5. The second kappa shape index (κ2) is 5.96. The maximum absolute atomic E-state index is 4.30. The van der Waals surface area contributed by atoms with Crippen LogP contribution in [0.4, 0.5) is 5.82 Å². The number of hydrogen-bond donors (Lipinski definition) is 1. The van der Waals surface area contributed by atoms with Crippen molar-refractivity contribution in [2.24, 2.45) is 0 Å². The van der Waals surface area contributed by atoms with Gasteiger partial charge in [0.15, 0.2) is 0 Å². The molecular weight excluding hydrogens is 242 g/mol. The average Bonchev–Trinajstić information content (AvgIpc) is 2.90. The molecule has 0 fully saturated rings. The Balaban J connectivity index is 2.15. The fourth-order valence-corrected chi connectivity index (χ4v) is 2.67. The van der Waals surface area contributed by atoms with Gasteiger partial charge in [-0.25, -0.2) is 9.97 Å². The van der Waals surface area contributed by atoms with Crippen LogP contribution in [-0.4, -0.2) is 9.97 Å². The van der Waals surface area contributed by atoms with E-state index < -0.39 is 0 Å². The molecule has 0 bridgehead atoms. The summed E-state index contributed by atoms with van der Waals surface area (Å²) in [5.74, 6) is 1.34. The molecule has 1 N–H and O–H groups in total. The second-order valence-corrected chi connectivity index (χ2v) is 5.58. The van der Waals surface area contributed by atoms with Crippen LogP contribution < -0.4 is 5.32 Å². The predicted molar refractivity (Wildman–Crippen MR) is 77.1 cm³/mol. The van der Waals surface area contributed by atoms with Crippen molar-refractivity contribution in [3.05, 3.63) is 40.5 Å². The summed E-state index contributed by atoms with van der Waals surface area (Å²) in [4.78, 5) is 9.94. The summed E-state index contributed by atoms with van der Waals surface area (Å²) in [6.45, 7) is 6.47. The van der Waals surface area contributed by atoms with Crippen LogP contribution in [0.1, 0.15) is 49.7 Å². The molecule has 0 saturated heterocycles. The van der Waals surface area contributed by atoms with E-state index in [1.165, 1.54) is 4.88 Å². The SMILES string of the molecule is CCC(Nc1cc(C(C)C)ncn1)c1cccs1. The Hall–Kier alpha value is -1.42. The van der Waals surface area contributed by atoms with E-state index in [1.54, 1.807) is 17.7 Å². The molecule has 18 heavy (non-hydrogen) atoms. The van der Waals surface area contributed by atoms with E-state index in [1.807, 2.05) is 6.07 Å². The minimum absolute atomic E-state index is 0.333. The quantitative estimate of drug-likeness (QED) is 0.875. The van der Waals surface area contributed by atoms with Crippen molar-refractivity contribution < 1.29 is 0 Å². The van der Waals surface area contributed by atoms with Gasteiger partial charge < -0.3 is 5.32 Å². The molecule has 2 rings (SSSR count). The molecule has 0 saturated carbocycles. The Morgan fingerprint density at radius 3 is 2.78 bits per heavy atom. The van der Waals surface area contributed by atoms with E-state index in [-0.39, 0.29) is 0 Å². The summed E-state index contributed by atoms with van der Waals surface area (Å²) in [7, 11) is 0. The van der Waals surface area contributed by atoms with Gasteiger partial charge in [-0.15, -0.1) is 11.3 Å². The maximum atomic E-state index is 4.30. The first-order valence-corrected chi connectivity index (χ1v) is 7.20. The standard InChI is InChI=1S/C14H19N3S/c1-4-11(13-6-5-7-18-13)17-14-8-12(10(2)3)15-9-16-14/h5-11H,4H2,1-3H3,(H,15,16,17). The molecule has 3 nitrogen and oxygen atoms in total. The van der Waals surface area contributed by atoms with Gasteiger partial charge in [-0.1, -0.05) is 26.8 Å². The van der Waals surface area contributed by atoms with Crippen molar-refractivity contribution >= 4 is 17.2 Å². The summed E-state index contributed by atoms with van der Waals surface area (Å²) >= 11 is 1.78. The van der Waals surface area contributed by atoms with Gasteiger partial charge in [0.25, 0.3) is 0 Å². The molecule has 0 amide bonds. The Kier molecular flexibility index (Phi) is 4.31. The van der Waals surface area contributed by atoms with Crippen LogP contribution in [-0.2, 0) is 0 Å². The normalized spacial score (nSPS) is 12.7. The fraction of sp³-hybridized carbons (Fsp3) is 0.429. The molecule has 0 aromatic carbocycles. The van der Waals surface area contributed by atoms with Gasteiger partial charge in [-0.05, 0) is 23.8 Å². The van der Waals surface area contributed by atoms with Gasteiger partial charge in [0.2, 0.25) is 0 Å². The zero-order valence-electron chi connectivity index (χ0n) is 11.1. The zero-order chi connectivity index (χ0) is 13.0. The summed E-state index contributed by atoms with van der Waals surface area (Å²) in [5, 5.41) is 5.60. The topological polar surface area (TPSA) is 37.8 Å². The molecule has 0 aliphatic carbocycles. The van der Waals surface area contributed by atoms with E-state index in [0.717, 1.165) is 17.9 Å². The highest BCUT2D eigenvalue weighted by Gasteiger charge is 2.11. The fourth-order valence-electron chi connectivity index (χ4n) is 1.81. The number of nitrogens with one attached hydrogen (secondary N) is 1. The smallest absolute Gasteiger partial charge is 0.130 e. The molecule has 0 radical (unpaired) electrons. The van der Waals surface area contributed by atoms with Gasteiger partial charge in [0, 0.05) is 16.6 Å². The first kappa shape index (κ1) is 13.0. The van der Waals surface area contributed by atoms with Crippen LogP contribution in [0.2, 0.25) is 0 Å². The number of hydrogen-bond acceptors (Lipinski definition) is 4. The maximum Gasteiger partial charge on any atom is 0.130 e. The van der Waals surface area contributed by atoms with Crippen molar-refractivity contribution in [2.75, 3.05) is 5.32 Å². The highest BCUT2D eigenvalue weighted by atomic mass is 32.1. The van der Waals surface area contributed by atoms with E-state index in [4.69, 9.17) is 0 Å². The van der Waals surface area contributed by atoms with E-state index >= 15 is 0 Å². The summed E-state index contributed by atoms with van der Waals surface area (Å²) < 4.78 is 0. The highest BCUT2D eigenvalue weighted by Crippen LogP contribution is 2.26. The molecule has 2 heterocycles. The van der Waals surface area contributed by atoms with Crippen LogP contribution in [0.15, 0.2) is 29.9 Å². The number of anilines is 1. The lowest BCUT2D eigenvalue weighted by molar-refractivity contribution is 0.752. The van der Waals surface area contributed by atoms with Crippen molar-refractivity contribution in [1.82, 2.24) is 9.97 Å². The van der Waals surface area contributed by atoms with Crippen molar-refractivity contribution in [1.29, 1.82) is 0 Å². The highest BCUT2D eigenvalue weighted by molar-refractivity contribution is 7.10. The Bertz CT molecular complexity index is 480. The Morgan fingerprint density at radius 1 is 1.33 bits per heavy atom. The average molecular weight is 261 g/mol. The Morgan fingerprint density at radius 2 is 2.17 bits per heavy atom. The first-order valence-electron chi connectivity index (χ1n) is 6.32. The van der Waals surface area contributed by atoms with Crippen LogP contribution in [0.3, 0.4) is 0 Å². The van der Waals surface area contributed by atoms with Gasteiger partial charge in [-0.3, -0.25) is 0 Å². The van der Waals surface area contributed by atoms with Gasteiger partial charge >= 0.3 is 0 Å². The third-order valence-corrected chi connectivity index (χ3v) is 3.88. The summed E-state index contributed by atoms with van der Waals surface area (Å²) in [6.07, 6.45) is 2.68. The van der Waals surface area contributed by atoms with E-state index in [0.29, 0.717) is 12.0 Å². The largest absolute Gasteiger partial charge is 0.362 e. The number of nitrogens with zero attached hydrogens (tertiary/aromatic N) is 2. The molecule has 1 atom stereocenters. The van der Waals surface area contributed by atoms with Crippen LogP contribution in [0.25, 0.3) is 0 Å². The molecule has 1 unspecified atom stereocenters. The lowest BCUT2D eigenvalue weighted by Gasteiger charge is -2.16. The zero-order valence-corrected chi connectivity index (χ0v) is 11.9. The number of thiophene rings is 1. The molecule has 2 aromatic rings.